The minimum absolute atomic E-state index is 0.00470. The Labute approximate surface area is 91.0 Å². The molecule has 0 radical (unpaired) electrons. The van der Waals surface area contributed by atoms with E-state index in [0.717, 1.165) is 25.9 Å². The van der Waals surface area contributed by atoms with E-state index < -0.39 is 6.10 Å². The zero-order valence-electron chi connectivity index (χ0n) is 9.37. The molecular weight excluding hydrogens is 194 g/mol. The molecule has 15 heavy (non-hydrogen) atoms. The van der Waals surface area contributed by atoms with Crippen molar-refractivity contribution in [2.24, 2.45) is 0 Å². The number of hydrogen-bond donors (Lipinski definition) is 2. The van der Waals surface area contributed by atoms with Gasteiger partial charge in [-0.2, -0.15) is 0 Å². The van der Waals surface area contributed by atoms with Gasteiger partial charge in [0.05, 0.1) is 12.2 Å². The number of carbonyl (C=O) groups excluding carboxylic acids is 1. The number of ether oxygens (including phenoxy) is 1. The number of amides is 1. The lowest BCUT2D eigenvalue weighted by Crippen LogP contribution is -2.31. The van der Waals surface area contributed by atoms with Crippen LogP contribution in [-0.4, -0.2) is 36.4 Å². The number of rotatable bonds is 5. The van der Waals surface area contributed by atoms with Gasteiger partial charge < -0.3 is 15.2 Å². The first-order chi connectivity index (χ1) is 7.18. The quantitative estimate of drug-likeness (QED) is 0.714. The second kappa shape index (κ2) is 6.80. The molecule has 1 aliphatic rings. The van der Waals surface area contributed by atoms with Crippen molar-refractivity contribution in [1.29, 1.82) is 0 Å². The first-order valence-electron chi connectivity index (χ1n) is 5.75. The van der Waals surface area contributed by atoms with E-state index in [4.69, 9.17) is 9.84 Å². The molecule has 0 spiro atoms. The highest BCUT2D eigenvalue weighted by Gasteiger charge is 2.15. The number of aliphatic hydroxyl groups excluding tert-OH is 1. The number of aliphatic hydroxyl groups is 1. The number of nitrogens with one attached hydrogen (secondary N) is 1. The summed E-state index contributed by atoms with van der Waals surface area (Å²) in [4.78, 5) is 11.3. The van der Waals surface area contributed by atoms with E-state index in [2.05, 4.69) is 5.32 Å². The molecule has 1 unspecified atom stereocenters. The van der Waals surface area contributed by atoms with Crippen LogP contribution in [0.3, 0.4) is 0 Å². The van der Waals surface area contributed by atoms with Crippen molar-refractivity contribution in [2.45, 2.75) is 51.2 Å². The average molecular weight is 215 g/mol. The Balaban J connectivity index is 2.05. The molecule has 4 heteroatoms. The summed E-state index contributed by atoms with van der Waals surface area (Å²) in [5.41, 5.74) is 0. The molecule has 0 aromatic heterocycles. The highest BCUT2D eigenvalue weighted by molar-refractivity contribution is 5.75. The van der Waals surface area contributed by atoms with Crippen LogP contribution in [0.25, 0.3) is 0 Å². The third-order valence-electron chi connectivity index (χ3n) is 2.56. The van der Waals surface area contributed by atoms with Crippen LogP contribution in [0, 0.1) is 0 Å². The van der Waals surface area contributed by atoms with E-state index in [1.807, 2.05) is 0 Å². The van der Waals surface area contributed by atoms with Gasteiger partial charge in [-0.15, -0.1) is 0 Å². The molecule has 1 saturated heterocycles. The van der Waals surface area contributed by atoms with E-state index in [1.54, 1.807) is 6.92 Å². The van der Waals surface area contributed by atoms with E-state index >= 15 is 0 Å². The number of carbonyl (C=O) groups is 1. The molecule has 0 aromatic rings. The van der Waals surface area contributed by atoms with Crippen LogP contribution in [0.15, 0.2) is 0 Å². The molecule has 0 saturated carbocycles. The van der Waals surface area contributed by atoms with Crippen molar-refractivity contribution in [3.05, 3.63) is 0 Å². The summed E-state index contributed by atoms with van der Waals surface area (Å²) in [6.07, 6.45) is 4.51. The summed E-state index contributed by atoms with van der Waals surface area (Å²) >= 11 is 0. The Bertz CT molecular complexity index is 188. The molecule has 0 aromatic carbocycles. The van der Waals surface area contributed by atoms with Crippen molar-refractivity contribution < 1.29 is 14.6 Å². The molecule has 2 N–H and O–H groups in total. The third-order valence-corrected chi connectivity index (χ3v) is 2.56. The molecule has 1 fully saturated rings. The van der Waals surface area contributed by atoms with Crippen molar-refractivity contribution in [3.8, 4) is 0 Å². The molecular formula is C11H21NO3. The van der Waals surface area contributed by atoms with Gasteiger partial charge in [-0.1, -0.05) is 0 Å². The second-order valence-corrected chi connectivity index (χ2v) is 4.18. The first-order valence-corrected chi connectivity index (χ1v) is 5.75. The first kappa shape index (κ1) is 12.5. The lowest BCUT2D eigenvalue weighted by Gasteiger charge is -2.22. The summed E-state index contributed by atoms with van der Waals surface area (Å²) in [7, 11) is 0. The monoisotopic (exact) mass is 215 g/mol. The normalized spacial score (nSPS) is 23.5. The summed E-state index contributed by atoms with van der Waals surface area (Å²) in [5, 5.41) is 11.7. The standard InChI is InChI=1S/C11H21NO3/c1-9(13)8-12-11(14)6-5-10-4-2-3-7-15-10/h9-10,13H,2-8H2,1H3,(H,12,14)/t9-,10?/m1/s1. The van der Waals surface area contributed by atoms with Gasteiger partial charge in [0.1, 0.15) is 0 Å². The third kappa shape index (κ3) is 5.74. The van der Waals surface area contributed by atoms with Gasteiger partial charge >= 0.3 is 0 Å². The molecule has 0 aliphatic carbocycles. The summed E-state index contributed by atoms with van der Waals surface area (Å²) in [6.45, 7) is 2.83. The SMILES string of the molecule is C[C@@H](O)CNC(=O)CCC1CCCCO1. The smallest absolute Gasteiger partial charge is 0.220 e. The average Bonchev–Trinajstić information content (AvgIpc) is 2.25. The summed E-state index contributed by atoms with van der Waals surface area (Å²) < 4.78 is 5.52. The molecule has 88 valence electrons. The van der Waals surface area contributed by atoms with Gasteiger partial charge in [-0.25, -0.2) is 0 Å². The van der Waals surface area contributed by atoms with Crippen molar-refractivity contribution in [2.75, 3.05) is 13.2 Å². The predicted octanol–water partition coefficient (Wildman–Crippen LogP) is 0.833. The highest BCUT2D eigenvalue weighted by Crippen LogP contribution is 2.16. The van der Waals surface area contributed by atoms with Crippen molar-refractivity contribution in [1.82, 2.24) is 5.32 Å². The Morgan fingerprint density at radius 2 is 2.40 bits per heavy atom. The Kier molecular flexibility index (Phi) is 5.65. The minimum atomic E-state index is -0.472. The molecule has 1 aliphatic heterocycles. The van der Waals surface area contributed by atoms with Crippen LogP contribution in [0.5, 0.6) is 0 Å². The van der Waals surface area contributed by atoms with Gasteiger partial charge in [0.15, 0.2) is 0 Å². The lowest BCUT2D eigenvalue weighted by molar-refractivity contribution is -0.122. The van der Waals surface area contributed by atoms with E-state index in [1.165, 1.54) is 6.42 Å². The lowest BCUT2D eigenvalue weighted by atomic mass is 10.0. The minimum Gasteiger partial charge on any atom is -0.392 e. The Hall–Kier alpha value is -0.610. The summed E-state index contributed by atoms with van der Waals surface area (Å²) in [5.74, 6) is 0.00470. The maximum atomic E-state index is 11.3. The number of hydrogen-bond acceptors (Lipinski definition) is 3. The zero-order chi connectivity index (χ0) is 11.1. The maximum absolute atomic E-state index is 11.3. The van der Waals surface area contributed by atoms with Crippen LogP contribution in [0.2, 0.25) is 0 Å². The predicted molar refractivity (Wildman–Crippen MR) is 57.5 cm³/mol. The van der Waals surface area contributed by atoms with Crippen LogP contribution in [0.1, 0.15) is 39.0 Å². The second-order valence-electron chi connectivity index (χ2n) is 4.18. The van der Waals surface area contributed by atoms with Crippen LogP contribution in [-0.2, 0) is 9.53 Å². The summed E-state index contributed by atoms with van der Waals surface area (Å²) in [6, 6.07) is 0. The van der Waals surface area contributed by atoms with E-state index in [-0.39, 0.29) is 12.0 Å². The topological polar surface area (TPSA) is 58.6 Å². The maximum Gasteiger partial charge on any atom is 0.220 e. The van der Waals surface area contributed by atoms with Crippen LogP contribution < -0.4 is 5.32 Å². The Morgan fingerprint density at radius 3 is 3.00 bits per heavy atom. The van der Waals surface area contributed by atoms with Crippen LogP contribution >= 0.6 is 0 Å². The van der Waals surface area contributed by atoms with Crippen molar-refractivity contribution >= 4 is 5.91 Å². The highest BCUT2D eigenvalue weighted by atomic mass is 16.5. The fourth-order valence-corrected chi connectivity index (χ4v) is 1.68. The fraction of sp³-hybridized carbons (Fsp3) is 0.909. The van der Waals surface area contributed by atoms with Gasteiger partial charge in [0, 0.05) is 19.6 Å². The molecule has 0 bridgehead atoms. The van der Waals surface area contributed by atoms with Gasteiger partial charge in [-0.05, 0) is 32.6 Å². The fourth-order valence-electron chi connectivity index (χ4n) is 1.68. The Morgan fingerprint density at radius 1 is 1.60 bits per heavy atom. The van der Waals surface area contributed by atoms with E-state index in [9.17, 15) is 4.79 Å². The van der Waals surface area contributed by atoms with Gasteiger partial charge in [0.25, 0.3) is 0 Å². The van der Waals surface area contributed by atoms with Gasteiger partial charge in [0.2, 0.25) is 5.91 Å². The van der Waals surface area contributed by atoms with Crippen molar-refractivity contribution in [3.63, 3.8) is 0 Å². The molecule has 2 atom stereocenters. The molecule has 4 nitrogen and oxygen atoms in total. The van der Waals surface area contributed by atoms with Gasteiger partial charge in [-0.3, -0.25) is 4.79 Å². The molecule has 1 rings (SSSR count). The largest absolute Gasteiger partial charge is 0.392 e. The molecule has 1 heterocycles. The molecule has 1 amide bonds. The van der Waals surface area contributed by atoms with Crippen LogP contribution in [0.4, 0.5) is 0 Å². The zero-order valence-corrected chi connectivity index (χ0v) is 9.37. The van der Waals surface area contributed by atoms with E-state index in [0.29, 0.717) is 13.0 Å².